The van der Waals surface area contributed by atoms with Gasteiger partial charge in [-0.15, -0.1) is 5.10 Å². The van der Waals surface area contributed by atoms with Crippen LogP contribution in [0.25, 0.3) is 22.4 Å². The van der Waals surface area contributed by atoms with Crippen LogP contribution in [0, 0.1) is 11.7 Å². The molecule has 2 atom stereocenters. The van der Waals surface area contributed by atoms with Crippen LogP contribution >= 0.6 is 0 Å². The zero-order valence-electron chi connectivity index (χ0n) is 16.3. The van der Waals surface area contributed by atoms with E-state index in [9.17, 15) is 9.18 Å². The van der Waals surface area contributed by atoms with Gasteiger partial charge in [0.15, 0.2) is 0 Å². The second-order valence-corrected chi connectivity index (χ2v) is 7.44. The quantitative estimate of drug-likeness (QED) is 0.646. The molecule has 4 rings (SSSR count). The average Bonchev–Trinajstić information content (AvgIpc) is 3.38. The summed E-state index contributed by atoms with van der Waals surface area (Å²) in [5.74, 6) is -0.203. The highest BCUT2D eigenvalue weighted by Gasteiger charge is 2.32. The van der Waals surface area contributed by atoms with Gasteiger partial charge in [-0.1, -0.05) is 29.5 Å². The first-order valence-electron chi connectivity index (χ1n) is 9.90. The van der Waals surface area contributed by atoms with Crippen molar-refractivity contribution < 1.29 is 9.18 Å². The van der Waals surface area contributed by atoms with Crippen molar-refractivity contribution >= 4 is 11.6 Å². The van der Waals surface area contributed by atoms with Crippen molar-refractivity contribution in [1.29, 1.82) is 0 Å². The summed E-state index contributed by atoms with van der Waals surface area (Å²) in [4.78, 5) is 12.1. The summed E-state index contributed by atoms with van der Waals surface area (Å²) < 4.78 is 16.1. The van der Waals surface area contributed by atoms with Crippen LogP contribution in [0.15, 0.2) is 48.7 Å². The van der Waals surface area contributed by atoms with Gasteiger partial charge in [-0.2, -0.15) is 0 Å². The predicted octanol–water partition coefficient (Wildman–Crippen LogP) is 3.81. The van der Waals surface area contributed by atoms with Gasteiger partial charge < -0.3 is 11.1 Å². The van der Waals surface area contributed by atoms with Gasteiger partial charge in [0.05, 0.1) is 17.9 Å². The predicted molar refractivity (Wildman–Crippen MR) is 110 cm³/mol. The number of aromatic nitrogens is 3. The van der Waals surface area contributed by atoms with Gasteiger partial charge in [0.25, 0.3) is 0 Å². The molecule has 1 heterocycles. The van der Waals surface area contributed by atoms with E-state index in [1.807, 2.05) is 35.9 Å². The van der Waals surface area contributed by atoms with Gasteiger partial charge in [-0.3, -0.25) is 4.79 Å². The maximum atomic E-state index is 14.2. The van der Waals surface area contributed by atoms with E-state index in [1.54, 1.807) is 18.3 Å². The summed E-state index contributed by atoms with van der Waals surface area (Å²) in [7, 11) is 0. The number of amides is 1. The van der Waals surface area contributed by atoms with E-state index < -0.39 is 0 Å². The van der Waals surface area contributed by atoms with E-state index in [0.29, 0.717) is 17.8 Å². The molecule has 6 nitrogen and oxygen atoms in total. The standard InChI is InChI=1S/C22H24FN5O/c1-2-25-22(29)16-7-9-18(11-16)28-21(13-26-27-28)15-5-3-14(4-6-15)19-10-8-17(24)12-20(19)23/h3-6,8,10,12-13,16,18H,2,7,9,11,24H2,1H3,(H,25,29)/t16-,18+/m0/s1. The molecular weight excluding hydrogens is 369 g/mol. The highest BCUT2D eigenvalue weighted by molar-refractivity contribution is 5.79. The van der Waals surface area contributed by atoms with Crippen LogP contribution in [0.1, 0.15) is 32.2 Å². The SMILES string of the molecule is CCNC(=O)[C@H]1CC[C@@H](n2nncc2-c2ccc(-c3ccc(N)cc3F)cc2)C1. The van der Waals surface area contributed by atoms with Crippen LogP contribution in [0.5, 0.6) is 0 Å². The number of hydrogen-bond acceptors (Lipinski definition) is 4. The summed E-state index contributed by atoms with van der Waals surface area (Å²) in [5, 5.41) is 11.3. The number of rotatable bonds is 5. The Hall–Kier alpha value is -3.22. The van der Waals surface area contributed by atoms with E-state index >= 15 is 0 Å². The highest BCUT2D eigenvalue weighted by Crippen LogP contribution is 2.37. The van der Waals surface area contributed by atoms with Crippen molar-refractivity contribution in [3.63, 3.8) is 0 Å². The van der Waals surface area contributed by atoms with Crippen LogP contribution in [-0.2, 0) is 4.79 Å². The molecule has 1 aliphatic rings. The molecule has 1 amide bonds. The number of carbonyl (C=O) groups excluding carboxylic acids is 1. The van der Waals surface area contributed by atoms with Gasteiger partial charge in [0.2, 0.25) is 5.91 Å². The molecule has 1 aliphatic carbocycles. The molecule has 0 saturated heterocycles. The van der Waals surface area contributed by atoms with Crippen LogP contribution in [0.3, 0.4) is 0 Å². The Bertz CT molecular complexity index is 1010. The molecule has 3 N–H and O–H groups in total. The van der Waals surface area contributed by atoms with Crippen molar-refractivity contribution in [1.82, 2.24) is 20.3 Å². The lowest BCUT2D eigenvalue weighted by Gasteiger charge is -2.14. The number of carbonyl (C=O) groups is 1. The number of nitrogens with zero attached hydrogens (tertiary/aromatic N) is 3. The molecule has 7 heteroatoms. The first-order valence-corrected chi connectivity index (χ1v) is 9.90. The lowest BCUT2D eigenvalue weighted by atomic mass is 10.0. The lowest BCUT2D eigenvalue weighted by molar-refractivity contribution is -0.124. The van der Waals surface area contributed by atoms with E-state index in [0.717, 1.165) is 36.1 Å². The van der Waals surface area contributed by atoms with Crippen molar-refractivity contribution in [2.24, 2.45) is 5.92 Å². The van der Waals surface area contributed by atoms with E-state index in [2.05, 4.69) is 15.6 Å². The number of anilines is 1. The van der Waals surface area contributed by atoms with E-state index in [-0.39, 0.29) is 23.7 Å². The van der Waals surface area contributed by atoms with Gasteiger partial charge in [-0.25, -0.2) is 9.07 Å². The van der Waals surface area contributed by atoms with Crippen molar-refractivity contribution in [2.75, 3.05) is 12.3 Å². The molecule has 150 valence electrons. The summed E-state index contributed by atoms with van der Waals surface area (Å²) in [5.41, 5.74) is 9.18. The maximum Gasteiger partial charge on any atom is 0.223 e. The number of nitrogens with one attached hydrogen (secondary N) is 1. The fraction of sp³-hybridized carbons (Fsp3) is 0.318. The van der Waals surface area contributed by atoms with Crippen molar-refractivity contribution in [3.8, 4) is 22.4 Å². The Balaban J connectivity index is 1.55. The second kappa shape index (κ2) is 8.03. The third-order valence-electron chi connectivity index (χ3n) is 5.53. The molecule has 3 aromatic rings. The van der Waals surface area contributed by atoms with Crippen LogP contribution in [0.4, 0.5) is 10.1 Å². The number of hydrogen-bond donors (Lipinski definition) is 2. The summed E-state index contributed by atoms with van der Waals surface area (Å²) in [6.07, 6.45) is 4.24. The Labute approximate surface area is 168 Å². The van der Waals surface area contributed by atoms with Crippen LogP contribution in [-0.4, -0.2) is 27.4 Å². The molecule has 0 spiro atoms. The molecule has 1 fully saturated rings. The Morgan fingerprint density at radius 2 is 1.97 bits per heavy atom. The summed E-state index contributed by atoms with van der Waals surface area (Å²) in [6, 6.07) is 12.5. The Morgan fingerprint density at radius 1 is 1.21 bits per heavy atom. The maximum absolute atomic E-state index is 14.2. The first kappa shape index (κ1) is 19.1. The molecule has 0 unspecified atom stereocenters. The first-order chi connectivity index (χ1) is 14.1. The van der Waals surface area contributed by atoms with Crippen molar-refractivity contribution in [3.05, 3.63) is 54.5 Å². The second-order valence-electron chi connectivity index (χ2n) is 7.44. The molecular formula is C22H24FN5O. The zero-order chi connectivity index (χ0) is 20.4. The normalized spacial score (nSPS) is 18.7. The van der Waals surface area contributed by atoms with Gasteiger partial charge in [-0.05, 0) is 49.9 Å². The molecule has 0 aliphatic heterocycles. The molecule has 1 saturated carbocycles. The minimum Gasteiger partial charge on any atom is -0.399 e. The van der Waals surface area contributed by atoms with Crippen LogP contribution < -0.4 is 11.1 Å². The number of nitrogens with two attached hydrogens (primary N) is 1. The monoisotopic (exact) mass is 393 g/mol. The van der Waals surface area contributed by atoms with E-state index in [1.165, 1.54) is 6.07 Å². The fourth-order valence-electron chi connectivity index (χ4n) is 4.04. The lowest BCUT2D eigenvalue weighted by Crippen LogP contribution is -2.29. The largest absolute Gasteiger partial charge is 0.399 e. The third kappa shape index (κ3) is 3.85. The molecule has 2 aromatic carbocycles. The molecule has 0 bridgehead atoms. The molecule has 1 aromatic heterocycles. The summed E-state index contributed by atoms with van der Waals surface area (Å²) in [6.45, 7) is 2.58. The number of benzene rings is 2. The summed E-state index contributed by atoms with van der Waals surface area (Å²) >= 11 is 0. The highest BCUT2D eigenvalue weighted by atomic mass is 19.1. The van der Waals surface area contributed by atoms with Crippen LogP contribution in [0.2, 0.25) is 0 Å². The van der Waals surface area contributed by atoms with Gasteiger partial charge in [0.1, 0.15) is 5.82 Å². The Morgan fingerprint density at radius 3 is 2.69 bits per heavy atom. The third-order valence-corrected chi connectivity index (χ3v) is 5.53. The molecule has 29 heavy (non-hydrogen) atoms. The zero-order valence-corrected chi connectivity index (χ0v) is 16.3. The topological polar surface area (TPSA) is 85.8 Å². The molecule has 0 radical (unpaired) electrons. The average molecular weight is 393 g/mol. The number of nitrogen functional groups attached to an aromatic ring is 1. The minimum atomic E-state index is -0.341. The van der Waals surface area contributed by atoms with E-state index in [4.69, 9.17) is 5.73 Å². The fourth-order valence-corrected chi connectivity index (χ4v) is 4.04. The smallest absolute Gasteiger partial charge is 0.223 e. The van der Waals surface area contributed by atoms with Crippen molar-refractivity contribution in [2.45, 2.75) is 32.2 Å². The number of halogens is 1. The van der Waals surface area contributed by atoms with Gasteiger partial charge >= 0.3 is 0 Å². The van der Waals surface area contributed by atoms with Gasteiger partial charge in [0, 0.05) is 29.3 Å². The minimum absolute atomic E-state index is 0.0212. The Kier molecular flexibility index (Phi) is 5.29.